The number of aliphatic hydroxyl groups is 5. The van der Waals surface area contributed by atoms with Crippen molar-refractivity contribution in [3.8, 4) is 0 Å². The molecule has 5 N–H and O–H groups in total. The predicted molar refractivity (Wildman–Crippen MR) is 228 cm³/mol. The zero-order chi connectivity index (χ0) is 46.4. The average Bonchev–Trinajstić information content (AvgIpc) is 3.18. The Kier molecular flexibility index (Phi) is 19.9. The molecular weight excluding hydrogens is 792 g/mol. The molecule has 3 saturated heterocycles. The molecule has 0 aliphatic carbocycles. The van der Waals surface area contributed by atoms with E-state index < -0.39 is 102 Å². The van der Waals surface area contributed by atoms with Crippen molar-refractivity contribution in [2.75, 3.05) is 40.9 Å². The fraction of sp³-hybridized carbons (Fsp3) is 0.956. The van der Waals surface area contributed by atoms with Gasteiger partial charge in [-0.1, -0.05) is 27.7 Å². The van der Waals surface area contributed by atoms with Gasteiger partial charge in [0.05, 0.1) is 48.1 Å². The number of rotatable bonds is 13. The van der Waals surface area contributed by atoms with Crippen LogP contribution in [0.25, 0.3) is 0 Å². The maximum Gasteiger partial charge on any atom is 0.311 e. The van der Waals surface area contributed by atoms with Gasteiger partial charge in [0.1, 0.15) is 30.0 Å². The van der Waals surface area contributed by atoms with E-state index in [1.165, 1.54) is 14.0 Å². The monoisotopic (exact) mass is 877 g/mol. The van der Waals surface area contributed by atoms with Crippen LogP contribution in [-0.2, 0) is 42.7 Å². The molecule has 19 atom stereocenters. The smallest absolute Gasteiger partial charge is 0.311 e. The molecule has 0 aromatic heterocycles. The molecule has 0 saturated carbocycles. The van der Waals surface area contributed by atoms with Crippen LogP contribution in [0, 0.1) is 23.7 Å². The van der Waals surface area contributed by atoms with Crippen LogP contribution in [0.1, 0.15) is 122 Å². The SMILES string of the molecule is CCOC(=O)CCC(C)CN(C)[C@H]1C[C@@H](C)O[C@@H](O[C@@H]2[C@@H](C)[C@H](O[C@H]3C[C@@](C)(OC)[C@@H](O)[C@H](C)O3)[C@@H](C)C(=O)O[C@H](CC)[C@@](C)(O)[C@H](O)[C@@H](C)N(C)C[C@H](C)C[C@@]2(C)O)[C@@H]1O. The van der Waals surface area contributed by atoms with Gasteiger partial charge in [0.2, 0.25) is 0 Å². The van der Waals surface area contributed by atoms with Crippen LogP contribution >= 0.6 is 0 Å². The quantitative estimate of drug-likeness (QED) is 0.169. The minimum absolute atomic E-state index is 0.107. The van der Waals surface area contributed by atoms with Crippen LogP contribution in [0.3, 0.4) is 0 Å². The lowest BCUT2D eigenvalue weighted by atomic mass is 9.77. The summed E-state index contributed by atoms with van der Waals surface area (Å²) in [7, 11) is 5.26. The van der Waals surface area contributed by atoms with Gasteiger partial charge in [-0.3, -0.25) is 9.59 Å². The van der Waals surface area contributed by atoms with Crippen molar-refractivity contribution in [3.63, 3.8) is 0 Å². The topological polar surface area (TPSA) is 206 Å². The molecule has 3 fully saturated rings. The molecule has 0 spiro atoms. The number of ether oxygens (including phenoxy) is 7. The largest absolute Gasteiger partial charge is 0.466 e. The number of carbonyl (C=O) groups excluding carboxylic acids is 2. The first kappa shape index (κ1) is 53.8. The van der Waals surface area contributed by atoms with Gasteiger partial charge < -0.3 is 68.5 Å². The third-order valence-corrected chi connectivity index (χ3v) is 13.9. The summed E-state index contributed by atoms with van der Waals surface area (Å²) in [5.74, 6) is -2.87. The summed E-state index contributed by atoms with van der Waals surface area (Å²) in [5, 5.41) is 59.2. The van der Waals surface area contributed by atoms with E-state index >= 15 is 0 Å². The standard InChI is InChI=1S/C45H84N2O14/c1-16-33-45(12,54)38(50)30(8)46(13)24-26(4)21-43(10,53)40(28(6)37(29(7)41(52)59-33)60-35-22-44(11,55-15)39(51)31(9)58-35)61-42-36(49)32(20-27(5)57-42)47(14)23-25(3)18-19-34(48)56-17-2/h25-33,35-40,42,49-51,53-54H,16-24H2,1-15H3/t25?,26-,27-,28+,29-,30-,31+,32+,33-,35+,36-,37+,38-,39+,40-,42+,43-,44-,45-/m1/s1. The lowest BCUT2D eigenvalue weighted by Crippen LogP contribution is -2.61. The Balaban J connectivity index is 2.11. The molecule has 3 heterocycles. The molecular formula is C45H84N2O14. The number of carbonyl (C=O) groups is 2. The first-order valence-corrected chi connectivity index (χ1v) is 22.7. The molecule has 0 aromatic carbocycles. The summed E-state index contributed by atoms with van der Waals surface area (Å²) in [6, 6.07) is -0.957. The Labute approximate surface area is 365 Å². The van der Waals surface area contributed by atoms with E-state index in [-0.39, 0.29) is 43.2 Å². The van der Waals surface area contributed by atoms with E-state index in [9.17, 15) is 35.1 Å². The summed E-state index contributed by atoms with van der Waals surface area (Å²) in [6.07, 6.45) is -7.97. The number of esters is 2. The normalized spacial score (nSPS) is 44.5. The number of aliphatic hydroxyl groups excluding tert-OH is 3. The maximum atomic E-state index is 14.4. The van der Waals surface area contributed by atoms with E-state index in [2.05, 4.69) is 11.8 Å². The van der Waals surface area contributed by atoms with Crippen LogP contribution in [-0.4, -0.2) is 178 Å². The molecule has 0 aromatic rings. The molecule has 3 aliphatic heterocycles. The Morgan fingerprint density at radius 1 is 0.984 bits per heavy atom. The van der Waals surface area contributed by atoms with Gasteiger partial charge in [-0.25, -0.2) is 0 Å². The zero-order valence-corrected chi connectivity index (χ0v) is 39.9. The highest BCUT2D eigenvalue weighted by molar-refractivity contribution is 5.73. The van der Waals surface area contributed by atoms with Crippen molar-refractivity contribution in [1.29, 1.82) is 0 Å². The third-order valence-electron chi connectivity index (χ3n) is 13.9. The van der Waals surface area contributed by atoms with Crippen LogP contribution in [0.4, 0.5) is 0 Å². The van der Waals surface area contributed by atoms with Gasteiger partial charge >= 0.3 is 11.9 Å². The molecule has 0 radical (unpaired) electrons. The van der Waals surface area contributed by atoms with E-state index in [0.29, 0.717) is 39.0 Å². The molecule has 3 rings (SSSR count). The van der Waals surface area contributed by atoms with Crippen molar-refractivity contribution in [2.24, 2.45) is 23.7 Å². The Bertz CT molecular complexity index is 1370. The van der Waals surface area contributed by atoms with Gasteiger partial charge in [0.15, 0.2) is 12.6 Å². The van der Waals surface area contributed by atoms with Gasteiger partial charge in [-0.15, -0.1) is 0 Å². The second-order valence-electron chi connectivity index (χ2n) is 19.6. The first-order valence-electron chi connectivity index (χ1n) is 22.7. The van der Waals surface area contributed by atoms with Crippen molar-refractivity contribution in [3.05, 3.63) is 0 Å². The van der Waals surface area contributed by atoms with Gasteiger partial charge in [-0.2, -0.15) is 0 Å². The molecule has 61 heavy (non-hydrogen) atoms. The Morgan fingerprint density at radius 2 is 1.62 bits per heavy atom. The summed E-state index contributed by atoms with van der Waals surface area (Å²) in [5.41, 5.74) is -4.49. The second-order valence-corrected chi connectivity index (χ2v) is 19.6. The highest BCUT2D eigenvalue weighted by atomic mass is 16.7. The molecule has 16 nitrogen and oxygen atoms in total. The van der Waals surface area contributed by atoms with Gasteiger partial charge in [0, 0.05) is 51.0 Å². The van der Waals surface area contributed by atoms with Crippen molar-refractivity contribution < 1.29 is 68.3 Å². The van der Waals surface area contributed by atoms with E-state index in [1.807, 2.05) is 39.8 Å². The number of methoxy groups -OCH3 is 1. The minimum Gasteiger partial charge on any atom is -0.466 e. The number of cyclic esters (lactones) is 1. The number of likely N-dealkylation sites (N-methyl/N-ethyl adjacent to an activating group) is 2. The van der Waals surface area contributed by atoms with E-state index in [1.54, 1.807) is 48.5 Å². The van der Waals surface area contributed by atoms with E-state index in [4.69, 9.17) is 33.2 Å². The molecule has 358 valence electrons. The summed E-state index contributed by atoms with van der Waals surface area (Å²) in [6.45, 7) is 22.7. The summed E-state index contributed by atoms with van der Waals surface area (Å²) < 4.78 is 43.1. The molecule has 1 unspecified atom stereocenters. The van der Waals surface area contributed by atoms with Crippen LogP contribution in [0.15, 0.2) is 0 Å². The number of hydrogen-bond donors (Lipinski definition) is 5. The molecule has 3 aliphatic rings. The average molecular weight is 877 g/mol. The first-order chi connectivity index (χ1) is 28.2. The lowest BCUT2D eigenvalue weighted by Gasteiger charge is -2.49. The zero-order valence-electron chi connectivity index (χ0n) is 39.9. The predicted octanol–water partition coefficient (Wildman–Crippen LogP) is 3.25. The van der Waals surface area contributed by atoms with Crippen molar-refractivity contribution in [1.82, 2.24) is 9.80 Å². The highest BCUT2D eigenvalue weighted by Gasteiger charge is 2.53. The Morgan fingerprint density at radius 3 is 2.21 bits per heavy atom. The fourth-order valence-electron chi connectivity index (χ4n) is 9.98. The third kappa shape index (κ3) is 13.5. The molecule has 0 amide bonds. The van der Waals surface area contributed by atoms with Crippen molar-refractivity contribution >= 4 is 11.9 Å². The summed E-state index contributed by atoms with van der Waals surface area (Å²) >= 11 is 0. The highest BCUT2D eigenvalue weighted by Crippen LogP contribution is 2.40. The van der Waals surface area contributed by atoms with Crippen LogP contribution in [0.2, 0.25) is 0 Å². The van der Waals surface area contributed by atoms with E-state index in [0.717, 1.165) is 0 Å². The lowest BCUT2D eigenvalue weighted by molar-refractivity contribution is -0.318. The molecule has 0 bridgehead atoms. The maximum absolute atomic E-state index is 14.4. The molecule has 16 heteroatoms. The summed E-state index contributed by atoms with van der Waals surface area (Å²) in [4.78, 5) is 30.4. The van der Waals surface area contributed by atoms with Gasteiger partial charge in [0.25, 0.3) is 0 Å². The number of hydrogen-bond acceptors (Lipinski definition) is 16. The number of nitrogens with zero attached hydrogens (tertiary/aromatic N) is 2. The Hall–Kier alpha value is -1.54. The second kappa shape index (κ2) is 22.6. The van der Waals surface area contributed by atoms with Crippen LogP contribution < -0.4 is 0 Å². The van der Waals surface area contributed by atoms with Crippen molar-refractivity contribution in [2.45, 2.75) is 212 Å². The van der Waals surface area contributed by atoms with Crippen LogP contribution in [0.5, 0.6) is 0 Å². The van der Waals surface area contributed by atoms with Gasteiger partial charge in [-0.05, 0) is 107 Å². The fourth-order valence-corrected chi connectivity index (χ4v) is 9.98. The minimum atomic E-state index is -1.83.